The zero-order valence-corrected chi connectivity index (χ0v) is 9.56. The molecule has 0 aliphatic carbocycles. The first kappa shape index (κ1) is 13.0. The van der Waals surface area contributed by atoms with Crippen molar-refractivity contribution in [3.05, 3.63) is 12.3 Å². The molecule has 1 aliphatic heterocycles. The first-order valence-corrected chi connectivity index (χ1v) is 4.94. The van der Waals surface area contributed by atoms with Crippen molar-refractivity contribution in [2.45, 2.75) is 38.6 Å². The Morgan fingerprint density at radius 2 is 2.12 bits per heavy atom. The van der Waals surface area contributed by atoms with Gasteiger partial charge < -0.3 is 14.6 Å². The molecule has 90 valence electrons. The molecule has 0 bridgehead atoms. The van der Waals surface area contributed by atoms with Crippen LogP contribution in [0.5, 0.6) is 0 Å². The average Bonchev–Trinajstić information content (AvgIpc) is 2.37. The Morgan fingerprint density at radius 3 is 2.56 bits per heavy atom. The van der Waals surface area contributed by atoms with Gasteiger partial charge in [-0.15, -0.1) is 0 Å². The molecule has 0 radical (unpaired) electrons. The highest BCUT2D eigenvalue weighted by atomic mass is 17.2. The van der Waals surface area contributed by atoms with Gasteiger partial charge in [0.25, 0.3) is 7.28 Å². The van der Waals surface area contributed by atoms with Crippen molar-refractivity contribution in [3.63, 3.8) is 0 Å². The molecule has 1 N–H and O–H groups in total. The molecule has 0 amide bonds. The minimum absolute atomic E-state index is 0.00963. The first-order valence-electron chi connectivity index (χ1n) is 4.94. The Bertz CT molecular complexity index is 292. The van der Waals surface area contributed by atoms with E-state index >= 15 is 0 Å². The van der Waals surface area contributed by atoms with Crippen molar-refractivity contribution in [2.75, 3.05) is 0 Å². The van der Waals surface area contributed by atoms with Crippen molar-refractivity contribution < 1.29 is 29.1 Å². The molecule has 7 heteroatoms. The molecule has 1 fully saturated rings. The van der Waals surface area contributed by atoms with Gasteiger partial charge in [0, 0.05) is 0 Å². The summed E-state index contributed by atoms with van der Waals surface area (Å²) >= 11 is 0. The van der Waals surface area contributed by atoms with Crippen molar-refractivity contribution >= 4 is 13.4 Å². The molecule has 2 unspecified atom stereocenters. The first-order chi connectivity index (χ1) is 7.33. The molecule has 0 aromatic heterocycles. The van der Waals surface area contributed by atoms with Crippen molar-refractivity contribution in [3.8, 4) is 0 Å². The second-order valence-electron chi connectivity index (χ2n) is 4.01. The van der Waals surface area contributed by atoms with Gasteiger partial charge in [-0.1, -0.05) is 6.58 Å². The topological polar surface area (TPSA) is 74.2 Å². The van der Waals surface area contributed by atoms with Crippen LogP contribution in [-0.4, -0.2) is 36.3 Å². The summed E-state index contributed by atoms with van der Waals surface area (Å²) < 4.78 is 9.52. The van der Waals surface area contributed by atoms with E-state index in [0.29, 0.717) is 0 Å². The zero-order chi connectivity index (χ0) is 12.3. The minimum Gasteiger partial charge on any atom is -0.429 e. The maximum absolute atomic E-state index is 10.9. The molecule has 2 atom stereocenters. The Labute approximate surface area is 94.3 Å². The minimum atomic E-state index is -1.22. The van der Waals surface area contributed by atoms with Gasteiger partial charge in [0.2, 0.25) is 0 Å². The highest BCUT2D eigenvalue weighted by Crippen LogP contribution is 2.28. The number of hydrogen-bond donors (Lipinski definition) is 1. The third-order valence-electron chi connectivity index (χ3n) is 2.03. The lowest BCUT2D eigenvalue weighted by Gasteiger charge is -2.22. The van der Waals surface area contributed by atoms with Crippen LogP contribution in [0.1, 0.15) is 20.8 Å². The van der Waals surface area contributed by atoms with Gasteiger partial charge in [0.1, 0.15) is 11.3 Å². The SMILES string of the molecule is C=C1OC(=O)OC1(C)BC(O)OOC(C)C. The molecular weight excluding hydrogens is 215 g/mol. The Balaban J connectivity index is 2.46. The fourth-order valence-electron chi connectivity index (χ4n) is 1.17. The number of aliphatic hydroxyl groups excluding tert-OH is 1. The summed E-state index contributed by atoms with van der Waals surface area (Å²) in [6, 6.07) is 0. The predicted molar refractivity (Wildman–Crippen MR) is 55.6 cm³/mol. The van der Waals surface area contributed by atoms with Crippen molar-refractivity contribution in [2.24, 2.45) is 0 Å². The normalized spacial score (nSPS) is 26.6. The lowest BCUT2D eigenvalue weighted by Crippen LogP contribution is -2.42. The molecule has 0 spiro atoms. The number of rotatable bonds is 5. The van der Waals surface area contributed by atoms with E-state index in [4.69, 9.17) is 9.62 Å². The Hall–Kier alpha value is -1.05. The largest absolute Gasteiger partial charge is 0.513 e. The van der Waals surface area contributed by atoms with Crippen LogP contribution in [-0.2, 0) is 19.2 Å². The third kappa shape index (κ3) is 3.23. The van der Waals surface area contributed by atoms with Crippen LogP contribution in [0.2, 0.25) is 0 Å². The second-order valence-corrected chi connectivity index (χ2v) is 4.01. The van der Waals surface area contributed by atoms with E-state index in [-0.39, 0.29) is 19.1 Å². The fraction of sp³-hybridized carbons (Fsp3) is 0.667. The quantitative estimate of drug-likeness (QED) is 0.243. The molecule has 1 heterocycles. The molecule has 6 nitrogen and oxygen atoms in total. The van der Waals surface area contributed by atoms with Crippen LogP contribution in [0.4, 0.5) is 4.79 Å². The van der Waals surface area contributed by atoms with Crippen molar-refractivity contribution in [1.82, 2.24) is 0 Å². The van der Waals surface area contributed by atoms with Gasteiger partial charge in [0.05, 0.1) is 6.10 Å². The van der Waals surface area contributed by atoms with E-state index in [1.165, 1.54) is 0 Å². The summed E-state index contributed by atoms with van der Waals surface area (Å²) in [6.07, 6.45) is -2.23. The standard InChI is InChI=1S/C9H15BO6/c1-5(2)15-16-7(11)10-9(4)6(3)13-8(12)14-9/h5,7,10-11H,3H2,1-2,4H3. The van der Waals surface area contributed by atoms with Gasteiger partial charge >= 0.3 is 6.16 Å². The van der Waals surface area contributed by atoms with E-state index in [2.05, 4.69) is 16.2 Å². The van der Waals surface area contributed by atoms with Gasteiger partial charge in [-0.05, 0) is 20.8 Å². The monoisotopic (exact) mass is 230 g/mol. The molecule has 16 heavy (non-hydrogen) atoms. The third-order valence-corrected chi connectivity index (χ3v) is 2.03. The summed E-state index contributed by atoms with van der Waals surface area (Å²) in [5.41, 5.74) is -1.09. The predicted octanol–water partition coefficient (Wildman–Crippen LogP) is 0.452. The Kier molecular flexibility index (Phi) is 3.95. The van der Waals surface area contributed by atoms with E-state index in [0.717, 1.165) is 0 Å². The number of aliphatic hydroxyl groups is 1. The van der Waals surface area contributed by atoms with E-state index < -0.39 is 17.8 Å². The molecule has 1 saturated heterocycles. The molecule has 1 aliphatic rings. The number of hydrogen-bond acceptors (Lipinski definition) is 6. The summed E-state index contributed by atoms with van der Waals surface area (Å²) in [4.78, 5) is 20.3. The maximum atomic E-state index is 10.9. The Morgan fingerprint density at radius 1 is 1.50 bits per heavy atom. The van der Waals surface area contributed by atoms with Gasteiger partial charge in [-0.25, -0.2) is 14.6 Å². The molecular formula is C9H15BO6. The van der Waals surface area contributed by atoms with Crippen LogP contribution >= 0.6 is 0 Å². The number of ether oxygens (including phenoxy) is 2. The molecule has 0 aromatic carbocycles. The number of carbonyl (C=O) groups is 1. The van der Waals surface area contributed by atoms with Gasteiger partial charge in [0.15, 0.2) is 6.19 Å². The van der Waals surface area contributed by atoms with Crippen molar-refractivity contribution in [1.29, 1.82) is 0 Å². The van der Waals surface area contributed by atoms with Gasteiger partial charge in [-0.2, -0.15) is 0 Å². The molecule has 0 saturated carbocycles. The highest BCUT2D eigenvalue weighted by molar-refractivity contribution is 6.42. The summed E-state index contributed by atoms with van der Waals surface area (Å²) in [5.74, 6) is 0.143. The summed E-state index contributed by atoms with van der Waals surface area (Å²) in [6.45, 7) is 8.61. The van der Waals surface area contributed by atoms with E-state index in [1.54, 1.807) is 20.8 Å². The van der Waals surface area contributed by atoms with Crippen LogP contribution < -0.4 is 0 Å². The summed E-state index contributed by atoms with van der Waals surface area (Å²) in [7, 11) is -0.00963. The zero-order valence-electron chi connectivity index (χ0n) is 9.56. The van der Waals surface area contributed by atoms with Crippen LogP contribution in [0.25, 0.3) is 0 Å². The van der Waals surface area contributed by atoms with Crippen LogP contribution in [0, 0.1) is 0 Å². The highest BCUT2D eigenvalue weighted by Gasteiger charge is 2.45. The lowest BCUT2D eigenvalue weighted by molar-refractivity contribution is -0.364. The number of cyclic esters (lactones) is 2. The lowest BCUT2D eigenvalue weighted by atomic mass is 9.60. The second kappa shape index (κ2) is 4.86. The maximum Gasteiger partial charge on any atom is 0.513 e. The van der Waals surface area contributed by atoms with Crippen LogP contribution in [0.15, 0.2) is 12.3 Å². The van der Waals surface area contributed by atoms with Gasteiger partial charge in [-0.3, -0.25) is 0 Å². The average molecular weight is 230 g/mol. The summed E-state index contributed by atoms with van der Waals surface area (Å²) in [5, 5.41) is 9.49. The molecule has 0 aromatic rings. The van der Waals surface area contributed by atoms with E-state index in [1.807, 2.05) is 0 Å². The smallest absolute Gasteiger partial charge is 0.429 e. The number of carbonyl (C=O) groups excluding carboxylic acids is 1. The fourth-order valence-corrected chi connectivity index (χ4v) is 1.17. The molecule has 1 rings (SSSR count). The van der Waals surface area contributed by atoms with Crippen LogP contribution in [0.3, 0.4) is 0 Å². The van der Waals surface area contributed by atoms with E-state index in [9.17, 15) is 9.90 Å².